The van der Waals surface area contributed by atoms with E-state index >= 15 is 0 Å². The monoisotopic (exact) mass is 171 g/mol. The maximum Gasteiger partial charge on any atom is 0.0471 e. The average molecular weight is 171 g/mol. The minimum absolute atomic E-state index is 0.368. The molecule has 2 nitrogen and oxygen atoms in total. The van der Waals surface area contributed by atoms with Crippen LogP contribution in [0, 0.1) is 11.8 Å². The number of hydrogen-bond acceptors (Lipinski definition) is 2. The van der Waals surface area contributed by atoms with E-state index in [-0.39, 0.29) is 0 Å². The lowest BCUT2D eigenvalue weighted by Gasteiger charge is -2.36. The summed E-state index contributed by atoms with van der Waals surface area (Å²) >= 11 is 0. The largest absolute Gasteiger partial charge is 0.396 e. The third-order valence-corrected chi connectivity index (χ3v) is 2.98. The number of aliphatic hydroxyl groups is 1. The Morgan fingerprint density at radius 1 is 1.25 bits per heavy atom. The Labute approximate surface area is 75.6 Å². The molecule has 1 aliphatic rings. The van der Waals surface area contributed by atoms with Crippen LogP contribution in [-0.2, 0) is 0 Å². The van der Waals surface area contributed by atoms with Gasteiger partial charge in [-0.05, 0) is 24.8 Å². The van der Waals surface area contributed by atoms with Crippen LogP contribution in [0.1, 0.15) is 26.7 Å². The Bertz CT molecular complexity index is 97.2. The van der Waals surface area contributed by atoms with Crippen molar-refractivity contribution in [2.24, 2.45) is 11.8 Å². The summed E-state index contributed by atoms with van der Waals surface area (Å²) in [4.78, 5) is 2.46. The maximum atomic E-state index is 9.09. The minimum Gasteiger partial charge on any atom is -0.396 e. The fourth-order valence-corrected chi connectivity index (χ4v) is 2.11. The van der Waals surface area contributed by atoms with Crippen molar-refractivity contribution < 1.29 is 5.11 Å². The molecular formula is C10H21NO. The Morgan fingerprint density at radius 2 is 1.92 bits per heavy atom. The zero-order valence-electron chi connectivity index (χ0n) is 8.29. The van der Waals surface area contributed by atoms with Gasteiger partial charge in [-0.1, -0.05) is 20.3 Å². The number of hydrogen-bond donors (Lipinski definition) is 1. The van der Waals surface area contributed by atoms with Gasteiger partial charge in [0, 0.05) is 19.7 Å². The predicted molar refractivity (Wildman–Crippen MR) is 51.1 cm³/mol. The Kier molecular flexibility index (Phi) is 4.02. The molecule has 0 aliphatic carbocycles. The lowest BCUT2D eigenvalue weighted by atomic mass is 9.88. The Balaban J connectivity index is 2.41. The molecule has 0 unspecified atom stereocenters. The molecule has 1 heterocycles. The first-order valence-electron chi connectivity index (χ1n) is 5.13. The summed E-state index contributed by atoms with van der Waals surface area (Å²) in [6.45, 7) is 8.29. The smallest absolute Gasteiger partial charge is 0.0471 e. The van der Waals surface area contributed by atoms with Crippen LogP contribution in [0.5, 0.6) is 0 Å². The third kappa shape index (κ3) is 2.46. The highest BCUT2D eigenvalue weighted by Gasteiger charge is 2.24. The van der Waals surface area contributed by atoms with Crippen molar-refractivity contribution in [3.63, 3.8) is 0 Å². The van der Waals surface area contributed by atoms with Gasteiger partial charge in [-0.25, -0.2) is 0 Å². The topological polar surface area (TPSA) is 23.5 Å². The standard InChI is InChI=1S/C10H21NO/c1-3-9-5-10(8-12)7-11(4-2)6-9/h9-10,12H,3-8H2,1-2H3/t9-,10-/m1/s1. The average Bonchev–Trinajstić information content (AvgIpc) is 2.16. The second-order valence-electron chi connectivity index (χ2n) is 3.91. The highest BCUT2D eigenvalue weighted by atomic mass is 16.3. The van der Waals surface area contributed by atoms with E-state index in [9.17, 15) is 0 Å². The molecule has 0 saturated carbocycles. The van der Waals surface area contributed by atoms with E-state index < -0.39 is 0 Å². The van der Waals surface area contributed by atoms with Crippen LogP contribution < -0.4 is 0 Å². The molecule has 1 aliphatic heterocycles. The zero-order chi connectivity index (χ0) is 8.97. The van der Waals surface area contributed by atoms with E-state index in [2.05, 4.69) is 18.7 Å². The van der Waals surface area contributed by atoms with E-state index in [0.29, 0.717) is 12.5 Å². The Morgan fingerprint density at radius 3 is 2.42 bits per heavy atom. The van der Waals surface area contributed by atoms with Crippen molar-refractivity contribution in [3.8, 4) is 0 Å². The van der Waals surface area contributed by atoms with Crippen LogP contribution in [0.15, 0.2) is 0 Å². The molecule has 0 spiro atoms. The molecule has 0 bridgehead atoms. The number of rotatable bonds is 3. The second kappa shape index (κ2) is 4.83. The van der Waals surface area contributed by atoms with Gasteiger partial charge < -0.3 is 10.0 Å². The first kappa shape index (κ1) is 10.0. The summed E-state index contributed by atoms with van der Waals surface area (Å²) < 4.78 is 0. The highest BCUT2D eigenvalue weighted by molar-refractivity contribution is 4.77. The molecule has 1 fully saturated rings. The van der Waals surface area contributed by atoms with Crippen LogP contribution in [-0.4, -0.2) is 36.2 Å². The summed E-state index contributed by atoms with van der Waals surface area (Å²) in [7, 11) is 0. The van der Waals surface area contributed by atoms with Crippen molar-refractivity contribution in [3.05, 3.63) is 0 Å². The fourth-order valence-electron chi connectivity index (χ4n) is 2.11. The Hall–Kier alpha value is -0.0800. The lowest BCUT2D eigenvalue weighted by Crippen LogP contribution is -2.41. The van der Waals surface area contributed by atoms with Crippen molar-refractivity contribution >= 4 is 0 Å². The molecule has 0 aromatic heterocycles. The molecule has 72 valence electrons. The van der Waals surface area contributed by atoms with Gasteiger partial charge in [-0.3, -0.25) is 0 Å². The molecule has 0 aromatic rings. The SMILES string of the molecule is CC[C@@H]1C[C@@H](CO)CN(CC)C1. The van der Waals surface area contributed by atoms with Gasteiger partial charge in [-0.2, -0.15) is 0 Å². The van der Waals surface area contributed by atoms with Crippen molar-refractivity contribution in [1.82, 2.24) is 4.90 Å². The van der Waals surface area contributed by atoms with Gasteiger partial charge in [0.05, 0.1) is 0 Å². The first-order valence-corrected chi connectivity index (χ1v) is 5.13. The van der Waals surface area contributed by atoms with E-state index in [1.807, 2.05) is 0 Å². The molecule has 2 heteroatoms. The highest BCUT2D eigenvalue weighted by Crippen LogP contribution is 2.23. The van der Waals surface area contributed by atoms with Gasteiger partial charge in [0.15, 0.2) is 0 Å². The zero-order valence-corrected chi connectivity index (χ0v) is 8.29. The van der Waals surface area contributed by atoms with E-state index in [1.54, 1.807) is 0 Å². The van der Waals surface area contributed by atoms with E-state index in [0.717, 1.165) is 19.0 Å². The predicted octanol–water partition coefficient (Wildman–Crippen LogP) is 1.35. The van der Waals surface area contributed by atoms with Gasteiger partial charge in [0.25, 0.3) is 0 Å². The molecular weight excluding hydrogens is 150 g/mol. The maximum absolute atomic E-state index is 9.09. The molecule has 0 radical (unpaired) electrons. The minimum atomic E-state index is 0.368. The fraction of sp³-hybridized carbons (Fsp3) is 1.00. The quantitative estimate of drug-likeness (QED) is 0.693. The summed E-state index contributed by atoms with van der Waals surface area (Å²) in [6, 6.07) is 0. The summed E-state index contributed by atoms with van der Waals surface area (Å²) in [5.41, 5.74) is 0. The van der Waals surface area contributed by atoms with Crippen molar-refractivity contribution in [2.75, 3.05) is 26.2 Å². The van der Waals surface area contributed by atoms with Crippen molar-refractivity contribution in [1.29, 1.82) is 0 Å². The van der Waals surface area contributed by atoms with E-state index in [1.165, 1.54) is 19.4 Å². The summed E-state index contributed by atoms with van der Waals surface area (Å²) in [5.74, 6) is 1.35. The normalized spacial score (nSPS) is 32.2. The van der Waals surface area contributed by atoms with Gasteiger partial charge in [-0.15, -0.1) is 0 Å². The number of aliphatic hydroxyl groups excluding tert-OH is 1. The summed E-state index contributed by atoms with van der Waals surface area (Å²) in [6.07, 6.45) is 2.48. The molecule has 1 rings (SSSR count). The van der Waals surface area contributed by atoms with Gasteiger partial charge in [0.2, 0.25) is 0 Å². The molecule has 12 heavy (non-hydrogen) atoms. The van der Waals surface area contributed by atoms with Gasteiger partial charge >= 0.3 is 0 Å². The van der Waals surface area contributed by atoms with Crippen LogP contribution in [0.4, 0.5) is 0 Å². The molecule has 1 N–H and O–H groups in total. The molecule has 2 atom stereocenters. The lowest BCUT2D eigenvalue weighted by molar-refractivity contribution is 0.0867. The first-order chi connectivity index (χ1) is 5.80. The van der Waals surface area contributed by atoms with Crippen LogP contribution in [0.25, 0.3) is 0 Å². The van der Waals surface area contributed by atoms with E-state index in [4.69, 9.17) is 5.11 Å². The number of piperidine rings is 1. The molecule has 0 aromatic carbocycles. The number of nitrogens with zero attached hydrogens (tertiary/aromatic N) is 1. The second-order valence-corrected chi connectivity index (χ2v) is 3.91. The van der Waals surface area contributed by atoms with Crippen molar-refractivity contribution in [2.45, 2.75) is 26.7 Å². The van der Waals surface area contributed by atoms with Crippen LogP contribution in [0.2, 0.25) is 0 Å². The summed E-state index contributed by atoms with van der Waals surface area (Å²) in [5, 5.41) is 9.09. The van der Waals surface area contributed by atoms with Gasteiger partial charge in [0.1, 0.15) is 0 Å². The third-order valence-electron chi connectivity index (χ3n) is 2.98. The van der Waals surface area contributed by atoms with Crippen LogP contribution >= 0.6 is 0 Å². The molecule has 0 amide bonds. The number of likely N-dealkylation sites (tertiary alicyclic amines) is 1. The molecule has 1 saturated heterocycles. The van der Waals surface area contributed by atoms with Crippen LogP contribution in [0.3, 0.4) is 0 Å².